The van der Waals surface area contributed by atoms with Gasteiger partial charge in [-0.3, -0.25) is 4.79 Å². The molecule has 0 fully saturated rings. The van der Waals surface area contributed by atoms with Gasteiger partial charge in [0.15, 0.2) is 0 Å². The first-order valence-corrected chi connectivity index (χ1v) is 11.7. The molecule has 5 rings (SSSR count). The molecule has 4 aromatic rings. The minimum absolute atomic E-state index is 0.205. The Bertz CT molecular complexity index is 1280. The number of fused-ring (bicyclic) bond motifs is 1. The van der Waals surface area contributed by atoms with E-state index in [0.717, 1.165) is 24.4 Å². The van der Waals surface area contributed by atoms with Crippen molar-refractivity contribution in [3.05, 3.63) is 81.8 Å². The maximum Gasteiger partial charge on any atom is 0.267 e. The van der Waals surface area contributed by atoms with E-state index in [9.17, 15) is 9.18 Å². The fourth-order valence-corrected chi connectivity index (χ4v) is 4.83. The Morgan fingerprint density at radius 3 is 2.73 bits per heavy atom. The molecule has 8 heteroatoms. The molecule has 0 aliphatic carbocycles. The van der Waals surface area contributed by atoms with E-state index in [4.69, 9.17) is 4.74 Å². The van der Waals surface area contributed by atoms with Crippen molar-refractivity contribution in [3.63, 3.8) is 0 Å². The van der Waals surface area contributed by atoms with Crippen molar-refractivity contribution in [1.82, 2.24) is 14.5 Å². The summed E-state index contributed by atoms with van der Waals surface area (Å²) in [7, 11) is 0. The topological polar surface area (TPSA) is 69.0 Å². The van der Waals surface area contributed by atoms with Gasteiger partial charge in [0.05, 0.1) is 5.69 Å². The van der Waals surface area contributed by atoms with Gasteiger partial charge in [-0.1, -0.05) is 0 Å². The summed E-state index contributed by atoms with van der Waals surface area (Å²) in [4.78, 5) is 22.4. The first-order valence-electron chi connectivity index (χ1n) is 10.9. The normalized spacial score (nSPS) is 12.9. The van der Waals surface area contributed by atoms with E-state index in [1.54, 1.807) is 19.1 Å². The average Bonchev–Trinajstić information content (AvgIpc) is 3.43. The van der Waals surface area contributed by atoms with Crippen molar-refractivity contribution in [2.24, 2.45) is 0 Å². The molecule has 0 radical (unpaired) electrons. The first-order chi connectivity index (χ1) is 16.1. The number of thiazole rings is 1. The molecule has 6 nitrogen and oxygen atoms in total. The number of carbonyl (C=O) groups excluding carboxylic acids is 1. The molecule has 0 saturated carbocycles. The molecule has 1 amide bonds. The lowest BCUT2D eigenvalue weighted by molar-refractivity contribution is 0.103. The van der Waals surface area contributed by atoms with E-state index in [-0.39, 0.29) is 18.3 Å². The Morgan fingerprint density at radius 1 is 1.15 bits per heavy atom. The minimum Gasteiger partial charge on any atom is -0.486 e. The molecule has 2 aromatic carbocycles. The number of halogens is 1. The number of imidazole rings is 1. The first kappa shape index (κ1) is 21.3. The number of aromatic nitrogens is 3. The van der Waals surface area contributed by atoms with Crippen molar-refractivity contribution in [1.29, 1.82) is 0 Å². The Balaban J connectivity index is 1.24. The number of nitrogens with zero attached hydrogens (tertiary/aromatic N) is 3. The fraction of sp³-hybridized carbons (Fsp3) is 0.240. The van der Waals surface area contributed by atoms with Gasteiger partial charge in [-0.2, -0.15) is 0 Å². The van der Waals surface area contributed by atoms with E-state index in [1.807, 2.05) is 30.5 Å². The van der Waals surface area contributed by atoms with Crippen LogP contribution in [0.1, 0.15) is 38.9 Å². The molecule has 0 atom stereocenters. The van der Waals surface area contributed by atoms with Gasteiger partial charge >= 0.3 is 0 Å². The van der Waals surface area contributed by atoms with Crippen LogP contribution < -0.4 is 10.1 Å². The highest BCUT2D eigenvalue weighted by Crippen LogP contribution is 2.26. The zero-order valence-corrected chi connectivity index (χ0v) is 19.0. The van der Waals surface area contributed by atoms with Crippen LogP contribution in [-0.2, 0) is 19.6 Å². The van der Waals surface area contributed by atoms with Gasteiger partial charge in [0.25, 0.3) is 5.91 Å². The van der Waals surface area contributed by atoms with Crippen LogP contribution in [0.2, 0.25) is 0 Å². The van der Waals surface area contributed by atoms with Gasteiger partial charge in [0.1, 0.15) is 33.9 Å². The summed E-state index contributed by atoms with van der Waals surface area (Å²) in [5.41, 5.74) is 3.69. The lowest BCUT2D eigenvalue weighted by atomic mass is 10.1. The zero-order valence-electron chi connectivity index (χ0n) is 18.2. The number of carbonyl (C=O) groups is 1. The number of anilines is 1. The van der Waals surface area contributed by atoms with Crippen LogP contribution in [0.25, 0.3) is 11.4 Å². The maximum absolute atomic E-state index is 13.0. The molecule has 0 saturated heterocycles. The maximum atomic E-state index is 13.0. The van der Waals surface area contributed by atoms with E-state index in [1.165, 1.54) is 42.0 Å². The molecule has 0 spiro atoms. The van der Waals surface area contributed by atoms with Gasteiger partial charge < -0.3 is 14.6 Å². The summed E-state index contributed by atoms with van der Waals surface area (Å²) in [6, 6.07) is 13.6. The molecule has 2 aromatic heterocycles. The second-order valence-corrected chi connectivity index (χ2v) is 9.06. The molecular formula is C25H23FN4O2S. The van der Waals surface area contributed by atoms with Crippen LogP contribution in [0.4, 0.5) is 10.1 Å². The number of hydrogen-bond acceptors (Lipinski definition) is 5. The number of rotatable bonds is 6. The van der Waals surface area contributed by atoms with Crippen LogP contribution in [-0.4, -0.2) is 20.4 Å². The molecule has 3 heterocycles. The number of nitrogens with one attached hydrogen (secondary N) is 1. The van der Waals surface area contributed by atoms with Crippen LogP contribution in [0.3, 0.4) is 0 Å². The van der Waals surface area contributed by atoms with Crippen molar-refractivity contribution >= 4 is 22.9 Å². The number of benzene rings is 2. The van der Waals surface area contributed by atoms with Crippen LogP contribution in [0, 0.1) is 12.7 Å². The minimum atomic E-state index is -0.316. The Morgan fingerprint density at radius 2 is 1.94 bits per heavy atom. The Labute approximate surface area is 195 Å². The predicted octanol–water partition coefficient (Wildman–Crippen LogP) is 5.62. The van der Waals surface area contributed by atoms with Crippen LogP contribution in [0.15, 0.2) is 54.7 Å². The molecular weight excluding hydrogens is 439 g/mol. The number of aryl methyl sites for hydroxylation is 2. The van der Waals surface area contributed by atoms with Gasteiger partial charge in [0.2, 0.25) is 0 Å². The van der Waals surface area contributed by atoms with Crippen molar-refractivity contribution in [3.8, 4) is 17.1 Å². The van der Waals surface area contributed by atoms with E-state index in [0.29, 0.717) is 27.0 Å². The van der Waals surface area contributed by atoms with Crippen molar-refractivity contribution < 1.29 is 13.9 Å². The molecule has 1 aliphatic heterocycles. The largest absolute Gasteiger partial charge is 0.486 e. The van der Waals surface area contributed by atoms with Crippen LogP contribution >= 0.6 is 11.3 Å². The molecule has 33 heavy (non-hydrogen) atoms. The molecule has 0 bridgehead atoms. The van der Waals surface area contributed by atoms with Gasteiger partial charge in [0, 0.05) is 29.7 Å². The van der Waals surface area contributed by atoms with E-state index in [2.05, 4.69) is 19.9 Å². The summed E-state index contributed by atoms with van der Waals surface area (Å²) in [5.74, 6) is 1.01. The predicted molar refractivity (Wildman–Crippen MR) is 126 cm³/mol. The smallest absolute Gasteiger partial charge is 0.267 e. The molecule has 168 valence electrons. The summed E-state index contributed by atoms with van der Waals surface area (Å²) >= 11 is 1.29. The second kappa shape index (κ2) is 9.15. The lowest BCUT2D eigenvalue weighted by Crippen LogP contribution is -2.12. The highest BCUT2D eigenvalue weighted by atomic mass is 32.1. The van der Waals surface area contributed by atoms with E-state index < -0.39 is 0 Å². The standard InChI is InChI=1S/C25H23FN4O2S/c1-16-23(33-22(28-16)15-32-21-11-7-18(26)8-12-21)25(31)29-19-9-5-17(6-10-19)24-27-14-20-4-2-3-13-30(20)24/h5-12,14H,2-4,13,15H2,1H3,(H,29,31). The van der Waals surface area contributed by atoms with Gasteiger partial charge in [-0.15, -0.1) is 11.3 Å². The SMILES string of the molecule is Cc1nc(COc2ccc(F)cc2)sc1C(=O)Nc1ccc(-c2ncc3n2CCCC3)cc1. The number of ether oxygens (including phenoxy) is 1. The quantitative estimate of drug-likeness (QED) is 0.404. The third-order valence-electron chi connectivity index (χ3n) is 5.63. The highest BCUT2D eigenvalue weighted by molar-refractivity contribution is 7.13. The molecule has 1 aliphatic rings. The summed E-state index contributed by atoms with van der Waals surface area (Å²) < 4.78 is 20.9. The summed E-state index contributed by atoms with van der Waals surface area (Å²) in [6.45, 7) is 3.02. The Hall–Kier alpha value is -3.52. The average molecular weight is 463 g/mol. The lowest BCUT2D eigenvalue weighted by Gasteiger charge is -2.16. The molecule has 1 N–H and O–H groups in total. The fourth-order valence-electron chi connectivity index (χ4n) is 3.96. The van der Waals surface area contributed by atoms with Crippen molar-refractivity contribution in [2.45, 2.75) is 39.3 Å². The third-order valence-corrected chi connectivity index (χ3v) is 6.76. The van der Waals surface area contributed by atoms with Gasteiger partial charge in [-0.05, 0) is 74.7 Å². The van der Waals surface area contributed by atoms with E-state index >= 15 is 0 Å². The zero-order chi connectivity index (χ0) is 22.8. The van der Waals surface area contributed by atoms with Crippen LogP contribution in [0.5, 0.6) is 5.75 Å². The highest BCUT2D eigenvalue weighted by Gasteiger charge is 2.17. The van der Waals surface area contributed by atoms with Gasteiger partial charge in [-0.25, -0.2) is 14.4 Å². The summed E-state index contributed by atoms with van der Waals surface area (Å²) in [5, 5.41) is 3.63. The third kappa shape index (κ3) is 4.66. The van der Waals surface area contributed by atoms with Crippen molar-refractivity contribution in [2.75, 3.05) is 5.32 Å². The summed E-state index contributed by atoms with van der Waals surface area (Å²) in [6.07, 6.45) is 5.43. The monoisotopic (exact) mass is 462 g/mol. The Kier molecular flexibility index (Phi) is 5.92. The number of amides is 1. The number of hydrogen-bond donors (Lipinski definition) is 1. The second-order valence-electron chi connectivity index (χ2n) is 7.98. The molecule has 0 unspecified atom stereocenters.